The van der Waals surface area contributed by atoms with E-state index in [-0.39, 0.29) is 16.5 Å². The Kier molecular flexibility index (Phi) is 4.83. The number of halogens is 2. The molecule has 0 bridgehead atoms. The number of aromatic nitrogens is 1. The summed E-state index contributed by atoms with van der Waals surface area (Å²) in [5, 5.41) is 10.9. The Morgan fingerprint density at radius 2 is 2.00 bits per heavy atom. The third-order valence-electron chi connectivity index (χ3n) is 3.96. The molecule has 1 atom stereocenters. The lowest BCUT2D eigenvalue weighted by Crippen LogP contribution is -2.28. The molecule has 3 aromatic rings. The number of aliphatic hydroxyl groups excluding tert-OH is 1. The summed E-state index contributed by atoms with van der Waals surface area (Å²) in [6, 6.07) is 10.5. The number of rotatable bonds is 5. The molecule has 0 spiro atoms. The Bertz CT molecular complexity index is 1030. The van der Waals surface area contributed by atoms with Crippen LogP contribution < -0.4 is 4.72 Å². The standard InChI is InChI=1S/C17H16ClFN2O3S/c1-21-7-6-11-8-12(2-5-16(11)21)17(22)10-20-25(23,24)13-3-4-15(19)14(18)9-13/h2-9,17,20,22H,10H2,1H3. The number of fused-ring (bicyclic) bond motifs is 1. The SMILES string of the molecule is Cn1ccc2cc(C(O)CNS(=O)(=O)c3ccc(F)c(Cl)c3)ccc21. The lowest BCUT2D eigenvalue weighted by atomic mass is 10.1. The Labute approximate surface area is 149 Å². The van der Waals surface area contributed by atoms with E-state index in [4.69, 9.17) is 11.6 Å². The van der Waals surface area contributed by atoms with Crippen LogP contribution in [-0.4, -0.2) is 24.6 Å². The van der Waals surface area contributed by atoms with Gasteiger partial charge in [0, 0.05) is 25.3 Å². The summed E-state index contributed by atoms with van der Waals surface area (Å²) in [5.74, 6) is -0.697. The molecule has 2 aromatic carbocycles. The minimum absolute atomic E-state index is 0.162. The maximum Gasteiger partial charge on any atom is 0.240 e. The molecule has 0 radical (unpaired) electrons. The van der Waals surface area contributed by atoms with Crippen molar-refractivity contribution in [3.8, 4) is 0 Å². The van der Waals surface area contributed by atoms with Gasteiger partial charge in [-0.2, -0.15) is 0 Å². The molecule has 0 saturated heterocycles. The van der Waals surface area contributed by atoms with Crippen molar-refractivity contribution in [1.82, 2.24) is 9.29 Å². The monoisotopic (exact) mass is 382 g/mol. The quantitative estimate of drug-likeness (QED) is 0.712. The van der Waals surface area contributed by atoms with E-state index >= 15 is 0 Å². The maximum atomic E-state index is 13.2. The summed E-state index contributed by atoms with van der Waals surface area (Å²) in [5.41, 5.74) is 1.61. The van der Waals surface area contributed by atoms with Crippen LogP contribution in [0, 0.1) is 5.82 Å². The molecule has 1 unspecified atom stereocenters. The third-order valence-corrected chi connectivity index (χ3v) is 5.67. The predicted octanol–water partition coefficient (Wildman–Crippen LogP) is 2.98. The predicted molar refractivity (Wildman–Crippen MR) is 94.5 cm³/mol. The van der Waals surface area contributed by atoms with Crippen molar-refractivity contribution in [2.45, 2.75) is 11.0 Å². The second kappa shape index (κ2) is 6.76. The van der Waals surface area contributed by atoms with Crippen molar-refractivity contribution in [2.24, 2.45) is 7.05 Å². The fourth-order valence-electron chi connectivity index (χ4n) is 2.54. The number of sulfonamides is 1. The highest BCUT2D eigenvalue weighted by Crippen LogP contribution is 2.22. The molecule has 0 aliphatic heterocycles. The lowest BCUT2D eigenvalue weighted by Gasteiger charge is -2.13. The smallest absolute Gasteiger partial charge is 0.240 e. The first-order chi connectivity index (χ1) is 11.8. The molecule has 0 aliphatic carbocycles. The van der Waals surface area contributed by atoms with E-state index in [1.807, 2.05) is 36.0 Å². The Balaban J connectivity index is 1.75. The highest BCUT2D eigenvalue weighted by Gasteiger charge is 2.18. The lowest BCUT2D eigenvalue weighted by molar-refractivity contribution is 0.182. The number of nitrogens with zero attached hydrogens (tertiary/aromatic N) is 1. The summed E-state index contributed by atoms with van der Waals surface area (Å²) in [4.78, 5) is -0.162. The summed E-state index contributed by atoms with van der Waals surface area (Å²) >= 11 is 5.62. The van der Waals surface area contributed by atoms with E-state index in [2.05, 4.69) is 4.72 Å². The number of hydrogen-bond acceptors (Lipinski definition) is 3. The van der Waals surface area contributed by atoms with Crippen molar-refractivity contribution in [3.63, 3.8) is 0 Å². The normalized spacial score (nSPS) is 13.3. The van der Waals surface area contributed by atoms with Crippen LogP contribution in [0.25, 0.3) is 10.9 Å². The van der Waals surface area contributed by atoms with Crippen molar-refractivity contribution >= 4 is 32.5 Å². The van der Waals surface area contributed by atoms with Crippen LogP contribution >= 0.6 is 11.6 Å². The summed E-state index contributed by atoms with van der Waals surface area (Å²) in [6.07, 6.45) is 0.886. The fraction of sp³-hybridized carbons (Fsp3) is 0.176. The molecule has 1 aromatic heterocycles. The largest absolute Gasteiger partial charge is 0.387 e. The number of aryl methyl sites for hydroxylation is 1. The van der Waals surface area contributed by atoms with Crippen LogP contribution in [0.2, 0.25) is 5.02 Å². The fourth-order valence-corrected chi connectivity index (χ4v) is 3.85. The highest BCUT2D eigenvalue weighted by atomic mass is 35.5. The van der Waals surface area contributed by atoms with Gasteiger partial charge >= 0.3 is 0 Å². The molecule has 5 nitrogen and oxygen atoms in total. The van der Waals surface area contributed by atoms with E-state index in [1.54, 1.807) is 6.07 Å². The van der Waals surface area contributed by atoms with Crippen molar-refractivity contribution in [1.29, 1.82) is 0 Å². The van der Waals surface area contributed by atoms with E-state index in [0.29, 0.717) is 5.56 Å². The summed E-state index contributed by atoms with van der Waals surface area (Å²) in [7, 11) is -1.99. The molecule has 132 valence electrons. The Hall–Kier alpha value is -1.93. The van der Waals surface area contributed by atoms with Gasteiger partial charge in [-0.3, -0.25) is 0 Å². The zero-order valence-electron chi connectivity index (χ0n) is 13.3. The van der Waals surface area contributed by atoms with Crippen molar-refractivity contribution in [3.05, 3.63) is 65.1 Å². The van der Waals surface area contributed by atoms with Gasteiger partial charge in [-0.25, -0.2) is 17.5 Å². The van der Waals surface area contributed by atoms with E-state index in [0.717, 1.165) is 29.1 Å². The van der Waals surface area contributed by atoms with Gasteiger partial charge in [0.1, 0.15) is 5.82 Å². The molecule has 1 heterocycles. The zero-order chi connectivity index (χ0) is 18.2. The molecular formula is C17H16ClFN2O3S. The zero-order valence-corrected chi connectivity index (χ0v) is 14.9. The van der Waals surface area contributed by atoms with Crippen LogP contribution in [0.4, 0.5) is 4.39 Å². The second-order valence-corrected chi connectivity index (χ2v) is 7.86. The molecule has 2 N–H and O–H groups in total. The minimum Gasteiger partial charge on any atom is -0.387 e. The second-order valence-electron chi connectivity index (χ2n) is 5.69. The third kappa shape index (κ3) is 3.69. The van der Waals surface area contributed by atoms with Crippen LogP contribution in [0.3, 0.4) is 0 Å². The number of nitrogens with one attached hydrogen (secondary N) is 1. The van der Waals surface area contributed by atoms with Gasteiger partial charge < -0.3 is 9.67 Å². The first kappa shape index (κ1) is 17.9. The van der Waals surface area contributed by atoms with Gasteiger partial charge in [-0.1, -0.05) is 17.7 Å². The Morgan fingerprint density at radius 3 is 2.72 bits per heavy atom. The number of benzene rings is 2. The van der Waals surface area contributed by atoms with Crippen LogP contribution in [0.5, 0.6) is 0 Å². The van der Waals surface area contributed by atoms with Gasteiger partial charge in [-0.15, -0.1) is 0 Å². The summed E-state index contributed by atoms with van der Waals surface area (Å²) < 4.78 is 41.9. The molecular weight excluding hydrogens is 367 g/mol. The summed E-state index contributed by atoms with van der Waals surface area (Å²) in [6.45, 7) is -0.213. The topological polar surface area (TPSA) is 71.3 Å². The number of hydrogen-bond donors (Lipinski definition) is 2. The van der Waals surface area contributed by atoms with E-state index < -0.39 is 21.9 Å². The van der Waals surface area contributed by atoms with Crippen molar-refractivity contribution in [2.75, 3.05) is 6.54 Å². The molecule has 25 heavy (non-hydrogen) atoms. The first-order valence-corrected chi connectivity index (χ1v) is 9.32. The molecule has 0 fully saturated rings. The molecule has 0 saturated carbocycles. The first-order valence-electron chi connectivity index (χ1n) is 7.46. The molecule has 0 aliphatic rings. The molecule has 0 amide bonds. The average molecular weight is 383 g/mol. The van der Waals surface area contributed by atoms with Crippen LogP contribution in [0.1, 0.15) is 11.7 Å². The van der Waals surface area contributed by atoms with Crippen molar-refractivity contribution < 1.29 is 17.9 Å². The van der Waals surface area contributed by atoms with Gasteiger partial charge in [0.25, 0.3) is 0 Å². The minimum atomic E-state index is -3.91. The molecule has 8 heteroatoms. The maximum absolute atomic E-state index is 13.2. The Morgan fingerprint density at radius 1 is 1.24 bits per heavy atom. The van der Waals surface area contributed by atoms with E-state index in [1.165, 1.54) is 0 Å². The average Bonchev–Trinajstić information content (AvgIpc) is 2.95. The van der Waals surface area contributed by atoms with Gasteiger partial charge in [0.05, 0.1) is 16.0 Å². The van der Waals surface area contributed by atoms with Gasteiger partial charge in [0.2, 0.25) is 10.0 Å². The van der Waals surface area contributed by atoms with Crippen LogP contribution in [0.15, 0.2) is 53.6 Å². The highest BCUT2D eigenvalue weighted by molar-refractivity contribution is 7.89. The molecule has 3 rings (SSSR count). The van der Waals surface area contributed by atoms with E-state index in [9.17, 15) is 17.9 Å². The van der Waals surface area contributed by atoms with Gasteiger partial charge in [0.15, 0.2) is 0 Å². The number of aliphatic hydroxyl groups is 1. The van der Waals surface area contributed by atoms with Crippen LogP contribution in [-0.2, 0) is 17.1 Å². The van der Waals surface area contributed by atoms with Gasteiger partial charge in [-0.05, 0) is 47.3 Å².